The Hall–Kier alpha value is -2.45. The molecule has 0 radical (unpaired) electrons. The number of nitrogens with zero attached hydrogens (tertiary/aromatic N) is 4. The molecular weight excluding hydrogens is 238 g/mol. The minimum Gasteiger partial charge on any atom is -0.382 e. The Bertz CT molecular complexity index is 586. The Balaban J connectivity index is 1.99. The lowest BCUT2D eigenvalue weighted by Gasteiger charge is -2.16. The zero-order valence-corrected chi connectivity index (χ0v) is 10.7. The van der Waals surface area contributed by atoms with Gasteiger partial charge in [0, 0.05) is 13.1 Å². The van der Waals surface area contributed by atoms with Gasteiger partial charge in [-0.3, -0.25) is 9.88 Å². The molecule has 0 amide bonds. The summed E-state index contributed by atoms with van der Waals surface area (Å²) < 4.78 is 0. The van der Waals surface area contributed by atoms with Crippen molar-refractivity contribution in [3.63, 3.8) is 0 Å². The molecular formula is C14H15N5. The summed E-state index contributed by atoms with van der Waals surface area (Å²) in [6.07, 6.45) is 3.23. The zero-order valence-electron chi connectivity index (χ0n) is 10.7. The molecule has 0 atom stereocenters. The van der Waals surface area contributed by atoms with Gasteiger partial charge in [0.25, 0.3) is 0 Å². The van der Waals surface area contributed by atoms with E-state index in [1.165, 1.54) is 0 Å². The highest BCUT2D eigenvalue weighted by Gasteiger charge is 2.04. The molecule has 0 bridgehead atoms. The van der Waals surface area contributed by atoms with Gasteiger partial charge in [-0.25, -0.2) is 4.98 Å². The predicted octanol–water partition coefficient (Wildman–Crippen LogP) is 1.56. The molecule has 96 valence electrons. The Morgan fingerprint density at radius 1 is 1.26 bits per heavy atom. The molecule has 0 spiro atoms. The fraction of sp³-hybridized carbons (Fsp3) is 0.214. The topological polar surface area (TPSA) is 78.8 Å². The molecule has 2 aromatic rings. The van der Waals surface area contributed by atoms with Crippen LogP contribution in [0.25, 0.3) is 0 Å². The largest absolute Gasteiger partial charge is 0.382 e. The van der Waals surface area contributed by atoms with Gasteiger partial charge in [-0.1, -0.05) is 12.1 Å². The molecule has 1 heterocycles. The van der Waals surface area contributed by atoms with Crippen LogP contribution in [0.5, 0.6) is 0 Å². The number of hydrogen-bond acceptors (Lipinski definition) is 5. The van der Waals surface area contributed by atoms with Crippen molar-refractivity contribution in [2.45, 2.75) is 13.1 Å². The number of hydrogen-bond donors (Lipinski definition) is 1. The summed E-state index contributed by atoms with van der Waals surface area (Å²) in [5, 5.41) is 8.86. The van der Waals surface area contributed by atoms with Gasteiger partial charge in [0.2, 0.25) is 0 Å². The van der Waals surface area contributed by atoms with Gasteiger partial charge < -0.3 is 5.73 Å². The van der Waals surface area contributed by atoms with Gasteiger partial charge in [0.05, 0.1) is 29.7 Å². The number of nitrogens with two attached hydrogens (primary N) is 1. The molecule has 0 saturated carbocycles. The number of anilines is 1. The van der Waals surface area contributed by atoms with Crippen LogP contribution in [-0.4, -0.2) is 21.9 Å². The van der Waals surface area contributed by atoms with E-state index >= 15 is 0 Å². The Kier molecular flexibility index (Phi) is 4.06. The van der Waals surface area contributed by atoms with Crippen LogP contribution in [0.4, 0.5) is 5.82 Å². The SMILES string of the molecule is CN(Cc1cccc(C#N)c1)Cc1cnc(N)cn1. The monoisotopic (exact) mass is 253 g/mol. The lowest BCUT2D eigenvalue weighted by atomic mass is 10.1. The van der Waals surface area contributed by atoms with Crippen molar-refractivity contribution in [3.05, 3.63) is 53.5 Å². The Morgan fingerprint density at radius 3 is 2.79 bits per heavy atom. The lowest BCUT2D eigenvalue weighted by Crippen LogP contribution is -2.18. The number of aromatic nitrogens is 2. The number of nitrogen functional groups attached to an aromatic ring is 1. The summed E-state index contributed by atoms with van der Waals surface area (Å²) in [5.74, 6) is 0.424. The molecule has 0 aliphatic rings. The maximum Gasteiger partial charge on any atom is 0.141 e. The van der Waals surface area contributed by atoms with E-state index in [1.807, 2.05) is 25.2 Å². The first-order valence-corrected chi connectivity index (χ1v) is 5.91. The van der Waals surface area contributed by atoms with Crippen molar-refractivity contribution in [2.24, 2.45) is 0 Å². The van der Waals surface area contributed by atoms with E-state index in [0.29, 0.717) is 17.9 Å². The van der Waals surface area contributed by atoms with E-state index in [4.69, 9.17) is 11.0 Å². The van der Waals surface area contributed by atoms with Gasteiger partial charge in [-0.05, 0) is 24.7 Å². The van der Waals surface area contributed by atoms with Crippen LogP contribution in [0.15, 0.2) is 36.7 Å². The molecule has 5 heteroatoms. The van der Waals surface area contributed by atoms with Crippen LogP contribution in [0.2, 0.25) is 0 Å². The molecule has 1 aromatic heterocycles. The van der Waals surface area contributed by atoms with E-state index in [0.717, 1.165) is 17.8 Å². The fourth-order valence-corrected chi connectivity index (χ4v) is 1.83. The molecule has 2 rings (SSSR count). The smallest absolute Gasteiger partial charge is 0.141 e. The Labute approximate surface area is 112 Å². The van der Waals surface area contributed by atoms with Crippen molar-refractivity contribution in [1.82, 2.24) is 14.9 Å². The van der Waals surface area contributed by atoms with Crippen LogP contribution in [0, 0.1) is 11.3 Å². The average Bonchev–Trinajstić information content (AvgIpc) is 2.41. The summed E-state index contributed by atoms with van der Waals surface area (Å²) in [5.41, 5.74) is 8.14. The quantitative estimate of drug-likeness (QED) is 0.894. The Morgan fingerprint density at radius 2 is 2.11 bits per heavy atom. The maximum atomic E-state index is 8.86. The summed E-state index contributed by atoms with van der Waals surface area (Å²) in [6.45, 7) is 1.44. The van der Waals surface area contributed by atoms with Gasteiger partial charge in [0.15, 0.2) is 0 Å². The highest BCUT2D eigenvalue weighted by Crippen LogP contribution is 2.09. The number of rotatable bonds is 4. The molecule has 1 aromatic carbocycles. The third-order valence-electron chi connectivity index (χ3n) is 2.67. The van der Waals surface area contributed by atoms with Crippen molar-refractivity contribution in [2.75, 3.05) is 12.8 Å². The minimum absolute atomic E-state index is 0.424. The minimum atomic E-state index is 0.424. The highest BCUT2D eigenvalue weighted by molar-refractivity contribution is 5.32. The third-order valence-corrected chi connectivity index (χ3v) is 2.67. The van der Waals surface area contributed by atoms with Gasteiger partial charge >= 0.3 is 0 Å². The molecule has 0 fully saturated rings. The molecule has 19 heavy (non-hydrogen) atoms. The fourth-order valence-electron chi connectivity index (χ4n) is 1.83. The standard InChI is InChI=1S/C14H15N5/c1-19(10-13-7-18-14(16)8-17-13)9-12-4-2-3-11(5-12)6-15/h2-5,7-8H,9-10H2,1H3,(H2,16,18). The normalized spacial score (nSPS) is 10.4. The molecule has 0 aliphatic heterocycles. The maximum absolute atomic E-state index is 8.86. The number of nitriles is 1. The van der Waals surface area contributed by atoms with Crippen LogP contribution in [-0.2, 0) is 13.1 Å². The first kappa shape index (κ1) is 13.0. The van der Waals surface area contributed by atoms with E-state index in [9.17, 15) is 0 Å². The predicted molar refractivity (Wildman–Crippen MR) is 72.8 cm³/mol. The number of benzene rings is 1. The second-order valence-corrected chi connectivity index (χ2v) is 4.42. The molecule has 2 N–H and O–H groups in total. The van der Waals surface area contributed by atoms with Gasteiger partial charge in [0.1, 0.15) is 5.82 Å². The summed E-state index contributed by atoms with van der Waals surface area (Å²) in [4.78, 5) is 10.3. The van der Waals surface area contributed by atoms with Crippen LogP contribution in [0.3, 0.4) is 0 Å². The van der Waals surface area contributed by atoms with Crippen molar-refractivity contribution < 1.29 is 0 Å². The first-order valence-electron chi connectivity index (χ1n) is 5.91. The molecule has 0 aliphatic carbocycles. The van der Waals surface area contributed by atoms with Crippen LogP contribution in [0.1, 0.15) is 16.8 Å². The average molecular weight is 253 g/mol. The van der Waals surface area contributed by atoms with Crippen molar-refractivity contribution in [3.8, 4) is 6.07 Å². The highest BCUT2D eigenvalue weighted by atomic mass is 15.1. The summed E-state index contributed by atoms with van der Waals surface area (Å²) in [7, 11) is 2.00. The summed E-state index contributed by atoms with van der Waals surface area (Å²) in [6, 6.07) is 9.74. The second-order valence-electron chi connectivity index (χ2n) is 4.42. The van der Waals surface area contributed by atoms with E-state index < -0.39 is 0 Å². The van der Waals surface area contributed by atoms with E-state index in [-0.39, 0.29) is 0 Å². The first-order chi connectivity index (χ1) is 9.17. The van der Waals surface area contributed by atoms with Crippen molar-refractivity contribution in [1.29, 1.82) is 5.26 Å². The lowest BCUT2D eigenvalue weighted by molar-refractivity contribution is 0.314. The molecule has 5 nitrogen and oxygen atoms in total. The van der Waals surface area contributed by atoms with E-state index in [1.54, 1.807) is 18.5 Å². The zero-order chi connectivity index (χ0) is 13.7. The third kappa shape index (κ3) is 3.76. The van der Waals surface area contributed by atoms with Crippen LogP contribution < -0.4 is 5.73 Å². The van der Waals surface area contributed by atoms with E-state index in [2.05, 4.69) is 20.9 Å². The second kappa shape index (κ2) is 5.94. The van der Waals surface area contributed by atoms with Gasteiger partial charge in [-0.2, -0.15) is 5.26 Å². The molecule has 0 saturated heterocycles. The summed E-state index contributed by atoms with van der Waals surface area (Å²) >= 11 is 0. The van der Waals surface area contributed by atoms with Crippen molar-refractivity contribution >= 4 is 5.82 Å². The molecule has 0 unspecified atom stereocenters. The van der Waals surface area contributed by atoms with Crippen LogP contribution >= 0.6 is 0 Å². The van der Waals surface area contributed by atoms with Gasteiger partial charge in [-0.15, -0.1) is 0 Å².